The summed E-state index contributed by atoms with van der Waals surface area (Å²) in [5.74, 6) is 0.146. The molecule has 0 aliphatic rings. The Morgan fingerprint density at radius 1 is 1.47 bits per heavy atom. The van der Waals surface area contributed by atoms with E-state index in [0.717, 1.165) is 6.42 Å². The van der Waals surface area contributed by atoms with E-state index in [1.165, 1.54) is 11.1 Å². The van der Waals surface area contributed by atoms with Gasteiger partial charge in [-0.2, -0.15) is 0 Å². The van der Waals surface area contributed by atoms with Crippen molar-refractivity contribution in [3.05, 3.63) is 35.0 Å². The SMILES string of the molecule is CCc1cc(N=C(NO)c2nonc2N)ccc1C. The molecule has 2 aromatic rings. The van der Waals surface area contributed by atoms with Crippen molar-refractivity contribution in [1.82, 2.24) is 15.8 Å². The Morgan fingerprint density at radius 3 is 2.84 bits per heavy atom. The summed E-state index contributed by atoms with van der Waals surface area (Å²) in [5, 5.41) is 16.1. The molecular weight excluding hydrogens is 246 g/mol. The number of benzene rings is 1. The number of amidine groups is 1. The van der Waals surface area contributed by atoms with Gasteiger partial charge in [0, 0.05) is 0 Å². The van der Waals surface area contributed by atoms with E-state index in [9.17, 15) is 0 Å². The van der Waals surface area contributed by atoms with Crippen LogP contribution in [0.3, 0.4) is 0 Å². The number of aromatic nitrogens is 2. The molecule has 0 atom stereocenters. The van der Waals surface area contributed by atoms with Crippen LogP contribution in [0.4, 0.5) is 11.5 Å². The topological polar surface area (TPSA) is 110 Å². The van der Waals surface area contributed by atoms with E-state index in [1.54, 1.807) is 0 Å². The number of hydrogen-bond acceptors (Lipinski definition) is 6. The molecule has 0 saturated carbocycles. The highest BCUT2D eigenvalue weighted by atomic mass is 16.6. The fourth-order valence-corrected chi connectivity index (χ4v) is 1.73. The van der Waals surface area contributed by atoms with E-state index in [-0.39, 0.29) is 17.3 Å². The van der Waals surface area contributed by atoms with Crippen molar-refractivity contribution in [3.63, 3.8) is 0 Å². The molecule has 100 valence electrons. The second-order valence-corrected chi connectivity index (χ2v) is 4.03. The van der Waals surface area contributed by atoms with Crippen LogP contribution in [0, 0.1) is 6.92 Å². The third-order valence-corrected chi connectivity index (χ3v) is 2.80. The van der Waals surface area contributed by atoms with E-state index in [1.807, 2.05) is 30.6 Å². The average molecular weight is 261 g/mol. The van der Waals surface area contributed by atoms with Crippen LogP contribution in [0.2, 0.25) is 0 Å². The summed E-state index contributed by atoms with van der Waals surface area (Å²) in [7, 11) is 0. The van der Waals surface area contributed by atoms with Gasteiger partial charge in [0.1, 0.15) is 0 Å². The number of nitrogens with two attached hydrogens (primary N) is 1. The second kappa shape index (κ2) is 5.49. The van der Waals surface area contributed by atoms with Gasteiger partial charge >= 0.3 is 0 Å². The number of nitrogens with zero attached hydrogens (tertiary/aromatic N) is 3. The van der Waals surface area contributed by atoms with Crippen LogP contribution >= 0.6 is 0 Å². The molecule has 0 radical (unpaired) electrons. The smallest absolute Gasteiger partial charge is 0.199 e. The molecule has 7 heteroatoms. The molecule has 0 aliphatic carbocycles. The lowest BCUT2D eigenvalue weighted by atomic mass is 10.1. The Labute approximate surface area is 110 Å². The molecule has 0 fully saturated rings. The van der Waals surface area contributed by atoms with E-state index < -0.39 is 0 Å². The number of hydrogen-bond donors (Lipinski definition) is 3. The molecular formula is C12H15N5O2. The minimum Gasteiger partial charge on any atom is -0.379 e. The van der Waals surface area contributed by atoms with Gasteiger partial charge in [0.15, 0.2) is 17.3 Å². The quantitative estimate of drug-likeness (QED) is 0.439. The van der Waals surface area contributed by atoms with E-state index in [2.05, 4.69) is 26.9 Å². The van der Waals surface area contributed by atoms with Crippen molar-refractivity contribution in [2.45, 2.75) is 20.3 Å². The van der Waals surface area contributed by atoms with Gasteiger partial charge in [0.05, 0.1) is 5.69 Å². The molecule has 0 saturated heterocycles. The first-order chi connectivity index (χ1) is 9.15. The molecule has 0 unspecified atom stereocenters. The Balaban J connectivity index is 2.41. The van der Waals surface area contributed by atoms with Gasteiger partial charge in [-0.05, 0) is 46.9 Å². The first-order valence-corrected chi connectivity index (χ1v) is 5.82. The van der Waals surface area contributed by atoms with Crippen LogP contribution in [-0.4, -0.2) is 21.4 Å². The fraction of sp³-hybridized carbons (Fsp3) is 0.250. The highest BCUT2D eigenvalue weighted by Gasteiger charge is 2.13. The molecule has 4 N–H and O–H groups in total. The maximum atomic E-state index is 9.12. The minimum atomic E-state index is 0.0585. The summed E-state index contributed by atoms with van der Waals surface area (Å²) in [4.78, 5) is 4.24. The van der Waals surface area contributed by atoms with Gasteiger partial charge in [0.25, 0.3) is 0 Å². The van der Waals surface area contributed by atoms with Crippen LogP contribution in [-0.2, 0) is 6.42 Å². The molecule has 0 amide bonds. The van der Waals surface area contributed by atoms with E-state index in [4.69, 9.17) is 10.9 Å². The van der Waals surface area contributed by atoms with Crippen molar-refractivity contribution in [3.8, 4) is 0 Å². The predicted molar refractivity (Wildman–Crippen MR) is 70.4 cm³/mol. The Hall–Kier alpha value is -2.41. The van der Waals surface area contributed by atoms with Crippen molar-refractivity contribution < 1.29 is 9.84 Å². The Bertz CT molecular complexity index is 606. The third-order valence-electron chi connectivity index (χ3n) is 2.80. The number of aliphatic imine (C=N–C) groups is 1. The lowest BCUT2D eigenvalue weighted by Gasteiger charge is -2.05. The van der Waals surface area contributed by atoms with Gasteiger partial charge in [-0.15, -0.1) is 0 Å². The van der Waals surface area contributed by atoms with Crippen molar-refractivity contribution in [2.75, 3.05) is 5.73 Å². The van der Waals surface area contributed by atoms with Gasteiger partial charge in [-0.3, -0.25) is 10.7 Å². The predicted octanol–water partition coefficient (Wildman–Crippen LogP) is 1.58. The van der Waals surface area contributed by atoms with Gasteiger partial charge in [0.2, 0.25) is 0 Å². The highest BCUT2D eigenvalue weighted by Crippen LogP contribution is 2.19. The van der Waals surface area contributed by atoms with Crippen LogP contribution in [0.25, 0.3) is 0 Å². The maximum Gasteiger partial charge on any atom is 0.199 e. The minimum absolute atomic E-state index is 0.0585. The number of nitrogens with one attached hydrogen (secondary N) is 1. The number of rotatable bonds is 3. The molecule has 0 bridgehead atoms. The van der Waals surface area contributed by atoms with Crippen molar-refractivity contribution in [2.24, 2.45) is 4.99 Å². The largest absolute Gasteiger partial charge is 0.379 e. The molecule has 19 heavy (non-hydrogen) atoms. The van der Waals surface area contributed by atoms with Crippen molar-refractivity contribution in [1.29, 1.82) is 0 Å². The molecule has 1 aromatic carbocycles. The average Bonchev–Trinajstić information content (AvgIpc) is 2.84. The Morgan fingerprint density at radius 2 is 2.26 bits per heavy atom. The number of anilines is 1. The summed E-state index contributed by atoms with van der Waals surface area (Å²) >= 11 is 0. The zero-order valence-electron chi connectivity index (χ0n) is 10.7. The molecule has 7 nitrogen and oxygen atoms in total. The normalized spacial score (nSPS) is 11.6. The van der Waals surface area contributed by atoms with Crippen LogP contribution in [0.15, 0.2) is 27.8 Å². The van der Waals surface area contributed by atoms with E-state index in [0.29, 0.717) is 5.69 Å². The summed E-state index contributed by atoms with van der Waals surface area (Å²) in [6.45, 7) is 4.11. The highest BCUT2D eigenvalue weighted by molar-refractivity contribution is 6.01. The maximum absolute atomic E-state index is 9.12. The van der Waals surface area contributed by atoms with Gasteiger partial charge in [-0.25, -0.2) is 9.62 Å². The monoisotopic (exact) mass is 261 g/mol. The number of nitrogen functional groups attached to an aromatic ring is 1. The Kier molecular flexibility index (Phi) is 3.76. The third kappa shape index (κ3) is 2.71. The summed E-state index contributed by atoms with van der Waals surface area (Å²) in [6.07, 6.45) is 0.907. The molecule has 1 heterocycles. The molecule has 0 aliphatic heterocycles. The number of aryl methyl sites for hydroxylation is 2. The first kappa shape index (κ1) is 13.0. The first-order valence-electron chi connectivity index (χ1n) is 5.82. The lowest BCUT2D eigenvalue weighted by molar-refractivity contribution is 0.234. The zero-order valence-corrected chi connectivity index (χ0v) is 10.7. The zero-order chi connectivity index (χ0) is 13.8. The summed E-state index contributed by atoms with van der Waals surface area (Å²) < 4.78 is 4.47. The van der Waals surface area contributed by atoms with Crippen molar-refractivity contribution >= 4 is 17.3 Å². The van der Waals surface area contributed by atoms with E-state index >= 15 is 0 Å². The van der Waals surface area contributed by atoms with Crippen LogP contribution in [0.5, 0.6) is 0 Å². The standard InChI is InChI=1S/C12H15N5O2/c1-3-8-6-9(5-4-7(8)2)14-12(15-18)10-11(13)17-19-16-10/h4-6,18H,3H2,1-2H3,(H2,13,17)(H,14,15). The summed E-state index contributed by atoms with van der Waals surface area (Å²) in [6, 6.07) is 5.75. The molecule has 2 rings (SSSR count). The fourth-order valence-electron chi connectivity index (χ4n) is 1.73. The second-order valence-electron chi connectivity index (χ2n) is 4.03. The molecule has 0 spiro atoms. The van der Waals surface area contributed by atoms with Crippen LogP contribution < -0.4 is 11.2 Å². The summed E-state index contributed by atoms with van der Waals surface area (Å²) in [5.41, 5.74) is 10.7. The van der Waals surface area contributed by atoms with Gasteiger partial charge < -0.3 is 5.73 Å². The molecule has 1 aromatic heterocycles. The number of hydroxylamine groups is 1. The van der Waals surface area contributed by atoms with Crippen LogP contribution in [0.1, 0.15) is 23.7 Å². The van der Waals surface area contributed by atoms with Gasteiger partial charge in [-0.1, -0.05) is 13.0 Å². The lowest BCUT2D eigenvalue weighted by Crippen LogP contribution is -2.21.